The van der Waals surface area contributed by atoms with Crippen LogP contribution >= 0.6 is 0 Å². The molecule has 0 saturated carbocycles. The van der Waals surface area contributed by atoms with Gasteiger partial charge in [0.15, 0.2) is 0 Å². The van der Waals surface area contributed by atoms with E-state index in [9.17, 15) is 0 Å². The number of aromatic nitrogens is 1. The van der Waals surface area contributed by atoms with Gasteiger partial charge in [0.1, 0.15) is 5.75 Å². The van der Waals surface area contributed by atoms with Crippen LogP contribution in [0.1, 0.15) is 38.4 Å². The van der Waals surface area contributed by atoms with E-state index in [1.807, 2.05) is 12.1 Å². The molecule has 0 spiro atoms. The molecule has 0 bridgehead atoms. The summed E-state index contributed by atoms with van der Waals surface area (Å²) in [6.45, 7) is 6.67. The van der Waals surface area contributed by atoms with Crippen molar-refractivity contribution in [3.63, 3.8) is 0 Å². The number of ether oxygens (including phenoxy) is 2. The summed E-state index contributed by atoms with van der Waals surface area (Å²) < 4.78 is 10.9. The molecule has 0 aliphatic rings. The maximum Gasteiger partial charge on any atom is 0.141 e. The number of hydrogen-bond acceptors (Lipinski definition) is 4. The van der Waals surface area contributed by atoms with Gasteiger partial charge in [-0.2, -0.15) is 0 Å². The van der Waals surface area contributed by atoms with E-state index < -0.39 is 0 Å². The first-order chi connectivity index (χ1) is 8.83. The number of nitrogens with one attached hydrogen (secondary N) is 1. The van der Waals surface area contributed by atoms with Gasteiger partial charge in [0.05, 0.1) is 18.8 Å². The van der Waals surface area contributed by atoms with Gasteiger partial charge in [-0.05, 0) is 31.5 Å². The van der Waals surface area contributed by atoms with Gasteiger partial charge in [-0.15, -0.1) is 0 Å². The van der Waals surface area contributed by atoms with Crippen molar-refractivity contribution < 1.29 is 9.47 Å². The topological polar surface area (TPSA) is 43.4 Å². The molecule has 0 aromatic carbocycles. The molecule has 0 radical (unpaired) electrons. The normalized spacial score (nSPS) is 12.4. The van der Waals surface area contributed by atoms with Crippen LogP contribution in [0.15, 0.2) is 18.3 Å². The summed E-state index contributed by atoms with van der Waals surface area (Å²) in [5.74, 6) is 0.832. The zero-order valence-corrected chi connectivity index (χ0v) is 11.6. The predicted octanol–water partition coefficient (Wildman–Crippen LogP) is 2.56. The van der Waals surface area contributed by atoms with Crippen LogP contribution in [0.5, 0.6) is 5.75 Å². The van der Waals surface area contributed by atoms with Crippen molar-refractivity contribution in [3.8, 4) is 5.75 Å². The van der Waals surface area contributed by atoms with Crippen LogP contribution in [-0.4, -0.2) is 31.9 Å². The van der Waals surface area contributed by atoms with Crippen LogP contribution in [0, 0.1) is 0 Å². The lowest BCUT2D eigenvalue weighted by molar-refractivity contribution is 0.124. The standard InChI is InChI=1S/C14H24N2O2/c1-4-10-18-11-8-12(15-5-2)14-13(17-3)7-6-9-16-14/h6-7,9,12,15H,4-5,8,10-11H2,1-3H3. The average molecular weight is 252 g/mol. The molecule has 0 aliphatic heterocycles. The van der Waals surface area contributed by atoms with Crippen molar-refractivity contribution in [3.05, 3.63) is 24.0 Å². The zero-order valence-electron chi connectivity index (χ0n) is 11.6. The molecule has 1 aromatic heterocycles. The Morgan fingerprint density at radius 2 is 2.17 bits per heavy atom. The van der Waals surface area contributed by atoms with Gasteiger partial charge < -0.3 is 14.8 Å². The monoisotopic (exact) mass is 252 g/mol. The van der Waals surface area contributed by atoms with Crippen LogP contribution in [0.25, 0.3) is 0 Å². The molecule has 1 heterocycles. The first kappa shape index (κ1) is 14.9. The van der Waals surface area contributed by atoms with E-state index >= 15 is 0 Å². The van der Waals surface area contributed by atoms with E-state index in [1.54, 1.807) is 13.3 Å². The van der Waals surface area contributed by atoms with Crippen LogP contribution in [0.2, 0.25) is 0 Å². The molecule has 18 heavy (non-hydrogen) atoms. The van der Waals surface area contributed by atoms with E-state index in [0.717, 1.165) is 44.0 Å². The van der Waals surface area contributed by atoms with Gasteiger partial charge in [-0.3, -0.25) is 4.98 Å². The second kappa shape index (κ2) is 8.89. The molecule has 0 fully saturated rings. The van der Waals surface area contributed by atoms with Crippen LogP contribution in [0.4, 0.5) is 0 Å². The summed E-state index contributed by atoms with van der Waals surface area (Å²) >= 11 is 0. The highest BCUT2D eigenvalue weighted by atomic mass is 16.5. The van der Waals surface area contributed by atoms with E-state index in [1.165, 1.54) is 0 Å². The average Bonchev–Trinajstić information content (AvgIpc) is 2.42. The minimum Gasteiger partial charge on any atom is -0.495 e. The first-order valence-electron chi connectivity index (χ1n) is 6.63. The van der Waals surface area contributed by atoms with Gasteiger partial charge in [0, 0.05) is 19.4 Å². The van der Waals surface area contributed by atoms with Crippen molar-refractivity contribution in [2.75, 3.05) is 26.9 Å². The molecule has 0 amide bonds. The lowest BCUT2D eigenvalue weighted by Gasteiger charge is -2.19. The molecule has 1 N–H and O–H groups in total. The zero-order chi connectivity index (χ0) is 13.2. The highest BCUT2D eigenvalue weighted by Gasteiger charge is 2.16. The number of pyridine rings is 1. The molecule has 0 saturated heterocycles. The first-order valence-corrected chi connectivity index (χ1v) is 6.63. The highest BCUT2D eigenvalue weighted by molar-refractivity contribution is 5.29. The van der Waals surface area contributed by atoms with Gasteiger partial charge in [-0.25, -0.2) is 0 Å². The Labute approximate surface area is 110 Å². The minimum absolute atomic E-state index is 0.183. The molecule has 1 rings (SSSR count). The molecule has 0 aliphatic carbocycles. The molecule has 4 heteroatoms. The number of methoxy groups -OCH3 is 1. The van der Waals surface area contributed by atoms with Crippen LogP contribution in [-0.2, 0) is 4.74 Å². The predicted molar refractivity (Wildman–Crippen MR) is 72.9 cm³/mol. The summed E-state index contributed by atoms with van der Waals surface area (Å²) in [6.07, 6.45) is 3.76. The van der Waals surface area contributed by atoms with E-state index in [2.05, 4.69) is 24.1 Å². The molecular formula is C14H24N2O2. The quantitative estimate of drug-likeness (QED) is 0.686. The summed E-state index contributed by atoms with van der Waals surface area (Å²) in [5, 5.41) is 3.43. The second-order valence-electron chi connectivity index (χ2n) is 4.10. The lowest BCUT2D eigenvalue weighted by Crippen LogP contribution is -2.24. The minimum atomic E-state index is 0.183. The number of rotatable bonds is 9. The Hall–Kier alpha value is -1.13. The van der Waals surface area contributed by atoms with Crippen LogP contribution in [0.3, 0.4) is 0 Å². The molecule has 1 atom stereocenters. The van der Waals surface area contributed by atoms with Crippen molar-refractivity contribution in [1.29, 1.82) is 0 Å². The highest BCUT2D eigenvalue weighted by Crippen LogP contribution is 2.24. The Kier molecular flexibility index (Phi) is 7.37. The van der Waals surface area contributed by atoms with Gasteiger partial charge >= 0.3 is 0 Å². The third kappa shape index (κ3) is 4.63. The Bertz CT molecular complexity index is 331. The van der Waals surface area contributed by atoms with Crippen molar-refractivity contribution in [1.82, 2.24) is 10.3 Å². The van der Waals surface area contributed by atoms with Crippen LogP contribution < -0.4 is 10.1 Å². The third-order valence-electron chi connectivity index (χ3n) is 2.70. The SMILES string of the molecule is CCCOCCC(NCC)c1ncccc1OC. The lowest BCUT2D eigenvalue weighted by atomic mass is 10.1. The van der Waals surface area contributed by atoms with Crippen molar-refractivity contribution in [2.24, 2.45) is 0 Å². The molecule has 1 aromatic rings. The summed E-state index contributed by atoms with van der Waals surface area (Å²) in [7, 11) is 1.68. The van der Waals surface area contributed by atoms with Crippen molar-refractivity contribution in [2.45, 2.75) is 32.7 Å². The number of hydrogen-bond donors (Lipinski definition) is 1. The molecule has 102 valence electrons. The largest absolute Gasteiger partial charge is 0.495 e. The Balaban J connectivity index is 2.64. The molecule has 4 nitrogen and oxygen atoms in total. The summed E-state index contributed by atoms with van der Waals surface area (Å²) in [5.41, 5.74) is 0.960. The fraction of sp³-hybridized carbons (Fsp3) is 0.643. The molecular weight excluding hydrogens is 228 g/mol. The maximum atomic E-state index is 5.55. The van der Waals surface area contributed by atoms with E-state index in [0.29, 0.717) is 0 Å². The second-order valence-corrected chi connectivity index (χ2v) is 4.10. The Morgan fingerprint density at radius 1 is 1.33 bits per heavy atom. The van der Waals surface area contributed by atoms with Gasteiger partial charge in [-0.1, -0.05) is 13.8 Å². The third-order valence-corrected chi connectivity index (χ3v) is 2.70. The Morgan fingerprint density at radius 3 is 2.83 bits per heavy atom. The van der Waals surface area contributed by atoms with Gasteiger partial charge in [0.2, 0.25) is 0 Å². The fourth-order valence-electron chi connectivity index (χ4n) is 1.87. The molecule has 1 unspecified atom stereocenters. The fourth-order valence-corrected chi connectivity index (χ4v) is 1.87. The summed E-state index contributed by atoms with van der Waals surface area (Å²) in [4.78, 5) is 4.42. The smallest absolute Gasteiger partial charge is 0.141 e. The van der Waals surface area contributed by atoms with Crippen molar-refractivity contribution >= 4 is 0 Å². The van der Waals surface area contributed by atoms with E-state index in [4.69, 9.17) is 9.47 Å². The maximum absolute atomic E-state index is 5.55. The summed E-state index contributed by atoms with van der Waals surface area (Å²) in [6, 6.07) is 4.02. The van der Waals surface area contributed by atoms with Gasteiger partial charge in [0.25, 0.3) is 0 Å². The van der Waals surface area contributed by atoms with E-state index in [-0.39, 0.29) is 6.04 Å². The number of nitrogens with zero attached hydrogens (tertiary/aromatic N) is 1.